The van der Waals surface area contributed by atoms with E-state index in [-0.39, 0.29) is 36.6 Å². The fourth-order valence-electron chi connectivity index (χ4n) is 5.65. The summed E-state index contributed by atoms with van der Waals surface area (Å²) in [6, 6.07) is 15.2. The van der Waals surface area contributed by atoms with Crippen LogP contribution in [0.2, 0.25) is 0 Å². The predicted octanol–water partition coefficient (Wildman–Crippen LogP) is 5.75. The number of benzene rings is 3. The third-order valence-electron chi connectivity index (χ3n) is 8.13. The molecule has 0 heterocycles. The molecule has 0 saturated heterocycles. The molecule has 0 aliphatic heterocycles. The fourth-order valence-corrected chi connectivity index (χ4v) is 8.46. The van der Waals surface area contributed by atoms with Crippen molar-refractivity contribution in [2.75, 3.05) is 31.0 Å². The van der Waals surface area contributed by atoms with Crippen molar-refractivity contribution in [1.29, 1.82) is 0 Å². The number of carboxylic acid groups (broad SMARTS) is 1. The first-order chi connectivity index (χ1) is 23.7. The molecule has 14 heteroatoms. The summed E-state index contributed by atoms with van der Waals surface area (Å²) in [5.74, 6) is -1.61. The molecular weight excluding hydrogens is 683 g/mol. The minimum Gasteiger partial charge on any atom is -0.492 e. The second kappa shape index (κ2) is 16.8. The quantitative estimate of drug-likeness (QED) is 0.142. The number of hydrogen-bond donors (Lipinski definition) is 4. The van der Waals surface area contributed by atoms with Gasteiger partial charge < -0.3 is 25.8 Å². The van der Waals surface area contributed by atoms with Gasteiger partial charge in [-0.2, -0.15) is 0 Å². The topological polar surface area (TPSA) is 185 Å². The zero-order valence-electron chi connectivity index (χ0n) is 28.3. The summed E-state index contributed by atoms with van der Waals surface area (Å²) in [4.78, 5) is 35.9. The smallest absolute Gasteiger partial charge is 0.320 e. The molecule has 3 amide bonds. The highest BCUT2D eigenvalue weighted by atomic mass is 32.2. The van der Waals surface area contributed by atoms with E-state index in [1.54, 1.807) is 24.3 Å². The van der Waals surface area contributed by atoms with Crippen molar-refractivity contribution in [2.45, 2.75) is 67.7 Å². The highest BCUT2D eigenvalue weighted by Gasteiger charge is 2.30. The van der Waals surface area contributed by atoms with Gasteiger partial charge in [-0.05, 0) is 78.6 Å². The first-order valence-corrected chi connectivity index (χ1v) is 20.1. The van der Waals surface area contributed by atoms with E-state index < -0.39 is 53.4 Å². The molecule has 0 spiro atoms. The largest absolute Gasteiger partial charge is 0.492 e. The van der Waals surface area contributed by atoms with Gasteiger partial charge in [-0.1, -0.05) is 55.8 Å². The minimum atomic E-state index is -4.20. The van der Waals surface area contributed by atoms with E-state index in [9.17, 15) is 31.2 Å². The molecule has 0 aromatic heterocycles. The van der Waals surface area contributed by atoms with E-state index in [2.05, 4.69) is 22.0 Å². The van der Waals surface area contributed by atoms with Crippen molar-refractivity contribution in [1.82, 2.24) is 10.6 Å². The predicted molar refractivity (Wildman–Crippen MR) is 191 cm³/mol. The maximum absolute atomic E-state index is 13.6. The van der Waals surface area contributed by atoms with Crippen LogP contribution in [0, 0.1) is 0 Å². The van der Waals surface area contributed by atoms with Gasteiger partial charge >= 0.3 is 12.0 Å². The summed E-state index contributed by atoms with van der Waals surface area (Å²) in [7, 11) is -8.33. The van der Waals surface area contributed by atoms with Crippen LogP contribution in [0.4, 0.5) is 10.5 Å². The van der Waals surface area contributed by atoms with E-state index in [1.165, 1.54) is 17.7 Å². The number of carbonyl (C=O) groups excluding carboxylic acids is 2. The number of amides is 3. The number of allylic oxidation sites excluding steroid dienone is 2. The summed E-state index contributed by atoms with van der Waals surface area (Å²) in [5.41, 5.74) is 3.65. The Morgan fingerprint density at radius 3 is 2.06 bits per heavy atom. The third kappa shape index (κ3) is 10.2. The van der Waals surface area contributed by atoms with Gasteiger partial charge in [-0.25, -0.2) is 21.6 Å². The van der Waals surface area contributed by atoms with Crippen LogP contribution in [0.1, 0.15) is 85.0 Å². The summed E-state index contributed by atoms with van der Waals surface area (Å²) >= 11 is 0. The number of ether oxygens (including phenoxy) is 1. The molecule has 0 saturated carbocycles. The second-order valence-electron chi connectivity index (χ2n) is 12.2. The summed E-state index contributed by atoms with van der Waals surface area (Å²) in [5, 5.41) is 16.8. The number of nitrogens with one attached hydrogen (secondary N) is 3. The molecular formula is C36H43N3O9S2. The molecule has 3 aromatic carbocycles. The Hall–Kier alpha value is -4.69. The first-order valence-electron chi connectivity index (χ1n) is 16.4. The van der Waals surface area contributed by atoms with Crippen LogP contribution in [-0.2, 0) is 24.5 Å². The molecule has 3 aromatic rings. The molecule has 0 radical (unpaired) electrons. The van der Waals surface area contributed by atoms with E-state index in [1.807, 2.05) is 31.2 Å². The lowest BCUT2D eigenvalue weighted by Crippen LogP contribution is -2.34. The SMILES string of the molecule is CCCCOc1ccc(NC(=O)NC(c2ccc(C(=O)NCCC(=O)O)cc2)c2ccc(C3=CCCCC3)cc2)c(S(C)(=O)=O)c1S(C)(=O)=O. The lowest BCUT2D eigenvalue weighted by molar-refractivity contribution is -0.136. The Kier molecular flexibility index (Phi) is 12.8. The van der Waals surface area contributed by atoms with Crippen LogP contribution in [0.25, 0.3) is 5.57 Å². The van der Waals surface area contributed by atoms with Crippen LogP contribution in [0.5, 0.6) is 5.75 Å². The number of rotatable bonds is 15. The molecule has 4 N–H and O–H groups in total. The van der Waals surface area contributed by atoms with Crippen LogP contribution in [-0.4, -0.2) is 65.5 Å². The van der Waals surface area contributed by atoms with Crippen molar-refractivity contribution < 1.29 is 41.1 Å². The number of sulfone groups is 2. The Balaban J connectivity index is 1.68. The van der Waals surface area contributed by atoms with Gasteiger partial charge in [0.05, 0.1) is 24.8 Å². The molecule has 50 heavy (non-hydrogen) atoms. The normalized spacial score (nSPS) is 13.9. The number of urea groups is 1. The summed E-state index contributed by atoms with van der Waals surface area (Å²) in [6.45, 7) is 2.07. The third-order valence-corrected chi connectivity index (χ3v) is 10.6. The molecule has 1 unspecified atom stereocenters. The Morgan fingerprint density at radius 1 is 0.860 bits per heavy atom. The van der Waals surface area contributed by atoms with E-state index >= 15 is 0 Å². The van der Waals surface area contributed by atoms with Gasteiger partial charge in [0.1, 0.15) is 15.5 Å². The van der Waals surface area contributed by atoms with Crippen molar-refractivity contribution in [3.63, 3.8) is 0 Å². The van der Waals surface area contributed by atoms with Crippen LogP contribution < -0.4 is 20.7 Å². The first kappa shape index (κ1) is 38.1. The van der Waals surface area contributed by atoms with Crippen LogP contribution in [0.3, 0.4) is 0 Å². The number of aliphatic carboxylic acids is 1. The standard InChI is InChI=1S/C36H43N3O9S2/c1-4-5-23-48-30-20-19-29(33(49(2,44)45)34(30)50(3,46)47)38-36(43)39-32(26-13-11-25(12-14-26)24-9-7-6-8-10-24)27-15-17-28(18-16-27)35(42)37-22-21-31(40)41/h9,11-20,32H,4-8,10,21-23H2,1-3H3,(H,37,42)(H,40,41)(H2,38,39,43). The molecule has 1 aliphatic rings. The summed E-state index contributed by atoms with van der Waals surface area (Å²) in [6.07, 6.45) is 9.39. The molecule has 268 valence electrons. The minimum absolute atomic E-state index is 0.0363. The average molecular weight is 726 g/mol. The van der Waals surface area contributed by atoms with Crippen molar-refractivity contribution in [3.8, 4) is 5.75 Å². The fraction of sp³-hybridized carbons (Fsp3) is 0.361. The zero-order chi connectivity index (χ0) is 36.5. The highest BCUT2D eigenvalue weighted by molar-refractivity contribution is 7.94. The maximum atomic E-state index is 13.6. The molecule has 1 aliphatic carbocycles. The van der Waals surface area contributed by atoms with Gasteiger partial charge in [0, 0.05) is 24.6 Å². The van der Waals surface area contributed by atoms with Gasteiger partial charge in [-0.15, -0.1) is 0 Å². The monoisotopic (exact) mass is 725 g/mol. The summed E-state index contributed by atoms with van der Waals surface area (Å²) < 4.78 is 57.6. The maximum Gasteiger partial charge on any atom is 0.320 e. The Bertz CT molecular complexity index is 1960. The second-order valence-corrected chi connectivity index (χ2v) is 16.1. The number of hydrogen-bond acceptors (Lipinski definition) is 8. The number of unbranched alkanes of at least 4 members (excludes halogenated alkanes) is 1. The van der Waals surface area contributed by atoms with Crippen LogP contribution in [0.15, 0.2) is 76.5 Å². The Labute approximate surface area is 293 Å². The lowest BCUT2D eigenvalue weighted by Gasteiger charge is -2.22. The number of carboxylic acids is 1. The number of carbonyl (C=O) groups is 3. The molecule has 1 atom stereocenters. The lowest BCUT2D eigenvalue weighted by atomic mass is 9.91. The van der Waals surface area contributed by atoms with Crippen LogP contribution >= 0.6 is 0 Å². The average Bonchev–Trinajstić information content (AvgIpc) is 3.07. The highest BCUT2D eigenvalue weighted by Crippen LogP contribution is 2.37. The van der Waals surface area contributed by atoms with Gasteiger partial charge in [-0.3, -0.25) is 9.59 Å². The van der Waals surface area contributed by atoms with E-state index in [0.717, 1.165) is 50.2 Å². The van der Waals surface area contributed by atoms with Gasteiger partial charge in [0.25, 0.3) is 5.91 Å². The van der Waals surface area contributed by atoms with Gasteiger partial charge in [0.15, 0.2) is 19.7 Å². The number of anilines is 1. The van der Waals surface area contributed by atoms with Crippen molar-refractivity contribution in [2.24, 2.45) is 0 Å². The van der Waals surface area contributed by atoms with E-state index in [4.69, 9.17) is 9.84 Å². The van der Waals surface area contributed by atoms with Gasteiger partial charge in [0.2, 0.25) is 0 Å². The zero-order valence-corrected chi connectivity index (χ0v) is 30.0. The molecule has 0 bridgehead atoms. The molecule has 12 nitrogen and oxygen atoms in total. The van der Waals surface area contributed by atoms with Crippen molar-refractivity contribution >= 4 is 48.8 Å². The Morgan fingerprint density at radius 2 is 1.50 bits per heavy atom. The van der Waals surface area contributed by atoms with Crippen molar-refractivity contribution in [3.05, 3.63) is 89.0 Å². The van der Waals surface area contributed by atoms with E-state index in [0.29, 0.717) is 17.5 Å². The molecule has 4 rings (SSSR count). The molecule has 0 fully saturated rings.